The van der Waals surface area contributed by atoms with Crippen LogP contribution in [0, 0.1) is 0 Å². The minimum Gasteiger partial charge on any atom is -0.481 e. The van der Waals surface area contributed by atoms with Gasteiger partial charge in [0.15, 0.2) is 6.10 Å². The molecule has 2 aromatic rings. The number of carbonyl (C=O) groups excluding carboxylic acids is 1. The Morgan fingerprint density at radius 3 is 2.55 bits per heavy atom. The summed E-state index contributed by atoms with van der Waals surface area (Å²) in [5, 5.41) is 13.0. The van der Waals surface area contributed by atoms with Crippen molar-refractivity contribution in [3.8, 4) is 5.75 Å². The van der Waals surface area contributed by atoms with E-state index in [1.165, 1.54) is 16.4 Å². The summed E-state index contributed by atoms with van der Waals surface area (Å²) >= 11 is 0. The molecule has 7 nitrogen and oxygen atoms in total. The van der Waals surface area contributed by atoms with Gasteiger partial charge in [0.05, 0.1) is 11.0 Å². The number of rotatable bonds is 6. The van der Waals surface area contributed by atoms with Crippen LogP contribution in [0.1, 0.15) is 49.8 Å². The fraction of sp³-hybridized carbons (Fsp3) is 0.435. The first-order chi connectivity index (χ1) is 14.9. The predicted molar refractivity (Wildman–Crippen MR) is 117 cm³/mol. The van der Waals surface area contributed by atoms with E-state index in [1.54, 1.807) is 19.1 Å². The lowest BCUT2D eigenvalue weighted by Crippen LogP contribution is -2.31. The maximum absolute atomic E-state index is 12.6. The summed E-state index contributed by atoms with van der Waals surface area (Å²) in [5.74, 6) is 0.287. The lowest BCUT2D eigenvalue weighted by Gasteiger charge is -2.25. The lowest BCUT2D eigenvalue weighted by atomic mass is 9.89. The molecule has 2 aromatic carbocycles. The fourth-order valence-corrected chi connectivity index (χ4v) is 5.69. The molecular formula is C23H28N2O5S. The third-order valence-electron chi connectivity index (χ3n) is 5.93. The molecule has 1 aliphatic heterocycles. The average Bonchev–Trinajstić information content (AvgIpc) is 3.31. The Bertz CT molecular complexity index is 1050. The Balaban J connectivity index is 1.41. The molecule has 1 saturated heterocycles. The third kappa shape index (κ3) is 4.61. The number of fused-ring (bicyclic) bond motifs is 1. The van der Waals surface area contributed by atoms with E-state index in [-0.39, 0.29) is 10.8 Å². The fourth-order valence-electron chi connectivity index (χ4n) is 4.18. The van der Waals surface area contributed by atoms with E-state index >= 15 is 0 Å². The molecule has 1 amide bonds. The molecule has 8 heteroatoms. The molecule has 2 aliphatic rings. The van der Waals surface area contributed by atoms with Gasteiger partial charge in [-0.15, -0.1) is 0 Å². The van der Waals surface area contributed by atoms with Crippen molar-refractivity contribution in [1.82, 2.24) is 4.31 Å². The maximum Gasteiger partial charge on any atom is 0.265 e. The highest BCUT2D eigenvalue weighted by Gasteiger charge is 2.27. The number of carbonyl (C=O) groups is 1. The minimum absolute atomic E-state index is 0.228. The number of aliphatic hydroxyl groups is 1. The molecule has 1 fully saturated rings. The van der Waals surface area contributed by atoms with Gasteiger partial charge in [0.1, 0.15) is 5.75 Å². The normalized spacial score (nSPS) is 20.1. The lowest BCUT2D eigenvalue weighted by molar-refractivity contribution is -0.122. The van der Waals surface area contributed by atoms with Crippen molar-refractivity contribution in [3.05, 3.63) is 53.6 Å². The van der Waals surface area contributed by atoms with Crippen LogP contribution in [0.25, 0.3) is 0 Å². The summed E-state index contributed by atoms with van der Waals surface area (Å²) < 4.78 is 32.7. The van der Waals surface area contributed by atoms with Gasteiger partial charge in [-0.05, 0) is 80.5 Å². The summed E-state index contributed by atoms with van der Waals surface area (Å²) in [6.45, 7) is 2.77. The Morgan fingerprint density at radius 1 is 1.13 bits per heavy atom. The highest BCUT2D eigenvalue weighted by molar-refractivity contribution is 7.89. The molecule has 1 heterocycles. The summed E-state index contributed by atoms with van der Waals surface area (Å²) in [6.07, 6.45) is 2.94. The predicted octanol–water partition coefficient (Wildman–Crippen LogP) is 3.25. The molecule has 0 bridgehead atoms. The molecule has 0 unspecified atom stereocenters. The topological polar surface area (TPSA) is 95.9 Å². The summed E-state index contributed by atoms with van der Waals surface area (Å²) in [6, 6.07) is 11.8. The summed E-state index contributed by atoms with van der Waals surface area (Å²) in [4.78, 5) is 12.9. The first-order valence-electron chi connectivity index (χ1n) is 10.7. The quantitative estimate of drug-likeness (QED) is 0.713. The first-order valence-corrected chi connectivity index (χ1v) is 12.2. The minimum atomic E-state index is -3.48. The van der Waals surface area contributed by atoms with Gasteiger partial charge in [-0.3, -0.25) is 4.79 Å². The van der Waals surface area contributed by atoms with Gasteiger partial charge < -0.3 is 15.2 Å². The SMILES string of the molecule is C[C@@H](Oc1cccc2c1CCC[C@H]2O)C(=O)Nc1ccc(S(=O)(=O)N2CCCC2)cc1. The number of nitrogens with one attached hydrogen (secondary N) is 1. The van der Waals surface area contributed by atoms with E-state index < -0.39 is 22.2 Å². The zero-order valence-corrected chi connectivity index (χ0v) is 18.4. The number of aliphatic hydroxyl groups excluding tert-OH is 1. The molecule has 0 aromatic heterocycles. The van der Waals surface area contributed by atoms with E-state index in [0.29, 0.717) is 24.5 Å². The van der Waals surface area contributed by atoms with Crippen LogP contribution in [0.5, 0.6) is 5.75 Å². The van der Waals surface area contributed by atoms with E-state index in [1.807, 2.05) is 18.2 Å². The third-order valence-corrected chi connectivity index (χ3v) is 7.84. The average molecular weight is 445 g/mol. The number of hydrogen-bond donors (Lipinski definition) is 2. The Morgan fingerprint density at radius 2 is 1.84 bits per heavy atom. The number of benzene rings is 2. The van der Waals surface area contributed by atoms with Gasteiger partial charge in [0.2, 0.25) is 10.0 Å². The van der Waals surface area contributed by atoms with Gasteiger partial charge in [-0.25, -0.2) is 8.42 Å². The van der Waals surface area contributed by atoms with Crippen molar-refractivity contribution >= 4 is 21.6 Å². The largest absolute Gasteiger partial charge is 0.481 e. The smallest absolute Gasteiger partial charge is 0.265 e. The van der Waals surface area contributed by atoms with Crippen molar-refractivity contribution in [3.63, 3.8) is 0 Å². The van der Waals surface area contributed by atoms with Crippen LogP contribution in [0.3, 0.4) is 0 Å². The summed E-state index contributed by atoms with van der Waals surface area (Å²) in [5.41, 5.74) is 2.33. The number of ether oxygens (including phenoxy) is 1. The molecule has 4 rings (SSSR count). The van der Waals surface area contributed by atoms with Crippen molar-refractivity contribution in [2.24, 2.45) is 0 Å². The monoisotopic (exact) mass is 444 g/mol. The molecule has 2 atom stereocenters. The Labute approximate surface area is 183 Å². The molecule has 31 heavy (non-hydrogen) atoms. The van der Waals surface area contributed by atoms with E-state index in [4.69, 9.17) is 4.74 Å². The van der Waals surface area contributed by atoms with Gasteiger partial charge >= 0.3 is 0 Å². The zero-order chi connectivity index (χ0) is 22.0. The van der Waals surface area contributed by atoms with Gasteiger partial charge in [0.25, 0.3) is 5.91 Å². The van der Waals surface area contributed by atoms with Gasteiger partial charge in [0, 0.05) is 18.8 Å². The van der Waals surface area contributed by atoms with Gasteiger partial charge in [-0.2, -0.15) is 4.31 Å². The van der Waals surface area contributed by atoms with Crippen LogP contribution in [-0.2, 0) is 21.2 Å². The molecule has 2 N–H and O–H groups in total. The van der Waals surface area contributed by atoms with Crippen LogP contribution in [0.4, 0.5) is 5.69 Å². The number of sulfonamides is 1. The van der Waals surface area contributed by atoms with Crippen LogP contribution >= 0.6 is 0 Å². The van der Waals surface area contributed by atoms with Crippen LogP contribution in [0.15, 0.2) is 47.4 Å². The molecule has 166 valence electrons. The number of nitrogens with zero attached hydrogens (tertiary/aromatic N) is 1. The van der Waals surface area contributed by atoms with Crippen LogP contribution < -0.4 is 10.1 Å². The first kappa shape index (κ1) is 21.8. The number of hydrogen-bond acceptors (Lipinski definition) is 5. The molecular weight excluding hydrogens is 416 g/mol. The van der Waals surface area contributed by atoms with Crippen molar-refractivity contribution in [2.45, 2.75) is 56.1 Å². The highest BCUT2D eigenvalue weighted by Crippen LogP contribution is 2.35. The van der Waals surface area contributed by atoms with Crippen molar-refractivity contribution in [1.29, 1.82) is 0 Å². The highest BCUT2D eigenvalue weighted by atomic mass is 32.2. The second-order valence-corrected chi connectivity index (χ2v) is 10.1. The van der Waals surface area contributed by atoms with Crippen molar-refractivity contribution < 1.29 is 23.1 Å². The van der Waals surface area contributed by atoms with Crippen LogP contribution in [-0.4, -0.2) is 42.9 Å². The van der Waals surface area contributed by atoms with E-state index in [2.05, 4.69) is 5.32 Å². The van der Waals surface area contributed by atoms with Crippen molar-refractivity contribution in [2.75, 3.05) is 18.4 Å². The molecule has 1 aliphatic carbocycles. The maximum atomic E-state index is 12.6. The molecule has 0 spiro atoms. The van der Waals surface area contributed by atoms with E-state index in [9.17, 15) is 18.3 Å². The van der Waals surface area contributed by atoms with Gasteiger partial charge in [-0.1, -0.05) is 12.1 Å². The molecule has 0 radical (unpaired) electrons. The Hall–Kier alpha value is -2.42. The zero-order valence-electron chi connectivity index (χ0n) is 17.6. The Kier molecular flexibility index (Phi) is 6.31. The summed E-state index contributed by atoms with van der Waals surface area (Å²) in [7, 11) is -3.48. The molecule has 0 saturated carbocycles. The second kappa shape index (κ2) is 8.98. The van der Waals surface area contributed by atoms with Crippen LogP contribution in [0.2, 0.25) is 0 Å². The van der Waals surface area contributed by atoms with E-state index in [0.717, 1.165) is 43.2 Å². The number of anilines is 1. The standard InChI is InChI=1S/C23H28N2O5S/c1-16(30-22-9-5-6-19-20(22)7-4-8-21(19)26)23(27)24-17-10-12-18(13-11-17)31(28,29)25-14-2-3-15-25/h5-6,9-13,16,21,26H,2-4,7-8,14-15H2,1H3,(H,24,27)/t16-,21-/m1/s1. The number of amides is 1. The second-order valence-electron chi connectivity index (χ2n) is 8.12.